The number of hydrogen-bond acceptors (Lipinski definition) is 1. The standard InChI is InChI=1S/C36H62O/c1-15-16-17-20-32(5,6)26-34(9,10)28-23-29(25-30(24-28)36(13,14)31(2,3)4)35(11,12)27-33(7,8)21-18-19-22-37/h16-19,23-25,37H,15,20-22,26-27H2,1-14H3/b17-16+,19-18+. The van der Waals surface area contributed by atoms with Crippen LogP contribution in [-0.4, -0.2) is 11.7 Å². The van der Waals surface area contributed by atoms with Crippen LogP contribution >= 0.6 is 0 Å². The van der Waals surface area contributed by atoms with E-state index in [0.29, 0.717) is 0 Å². The maximum Gasteiger partial charge on any atom is 0.0612 e. The highest BCUT2D eigenvalue weighted by atomic mass is 16.2. The maximum atomic E-state index is 9.20. The molecule has 0 aliphatic carbocycles. The number of hydrogen-bond donors (Lipinski definition) is 1. The average molecular weight is 511 g/mol. The first-order valence-electron chi connectivity index (χ1n) is 14.7. The smallest absolute Gasteiger partial charge is 0.0612 e. The highest BCUT2D eigenvalue weighted by Gasteiger charge is 2.38. The van der Waals surface area contributed by atoms with Crippen LogP contribution in [0.25, 0.3) is 0 Å². The molecule has 1 nitrogen and oxygen atoms in total. The van der Waals surface area contributed by atoms with Gasteiger partial charge in [0.15, 0.2) is 0 Å². The Labute approximate surface area is 232 Å². The Morgan fingerprint density at radius 2 is 0.946 bits per heavy atom. The van der Waals surface area contributed by atoms with Gasteiger partial charge in [-0.2, -0.15) is 0 Å². The molecular weight excluding hydrogens is 448 g/mol. The van der Waals surface area contributed by atoms with E-state index in [9.17, 15) is 5.11 Å². The first kappa shape index (κ1) is 33.7. The molecule has 0 amide bonds. The van der Waals surface area contributed by atoms with Gasteiger partial charge in [0.2, 0.25) is 0 Å². The Morgan fingerprint density at radius 1 is 0.568 bits per heavy atom. The zero-order chi connectivity index (χ0) is 28.9. The molecule has 0 saturated carbocycles. The van der Waals surface area contributed by atoms with Crippen molar-refractivity contribution in [3.8, 4) is 0 Å². The Hall–Kier alpha value is -1.34. The fourth-order valence-corrected chi connectivity index (χ4v) is 5.99. The molecule has 0 saturated heterocycles. The summed E-state index contributed by atoms with van der Waals surface area (Å²) in [4.78, 5) is 0. The van der Waals surface area contributed by atoms with Gasteiger partial charge in [-0.25, -0.2) is 0 Å². The number of aliphatic hydroxyl groups is 1. The molecule has 1 aromatic rings. The quantitative estimate of drug-likeness (QED) is 0.262. The lowest BCUT2D eigenvalue weighted by atomic mass is 9.62. The lowest BCUT2D eigenvalue weighted by Crippen LogP contribution is -2.36. The molecule has 0 heterocycles. The Kier molecular flexibility index (Phi) is 11.1. The normalized spacial score (nSPS) is 14.8. The molecule has 0 radical (unpaired) electrons. The summed E-state index contributed by atoms with van der Waals surface area (Å²) in [6, 6.07) is 7.57. The van der Waals surface area contributed by atoms with E-state index in [4.69, 9.17) is 0 Å². The molecule has 212 valence electrons. The van der Waals surface area contributed by atoms with Crippen LogP contribution in [0, 0.1) is 16.2 Å². The molecule has 0 atom stereocenters. The second kappa shape index (κ2) is 12.2. The van der Waals surface area contributed by atoms with Gasteiger partial charge in [0.1, 0.15) is 0 Å². The third-order valence-electron chi connectivity index (χ3n) is 8.95. The molecule has 0 aliphatic rings. The fourth-order valence-electron chi connectivity index (χ4n) is 5.99. The van der Waals surface area contributed by atoms with E-state index in [2.05, 4.69) is 133 Å². The van der Waals surface area contributed by atoms with Gasteiger partial charge in [-0.3, -0.25) is 0 Å². The summed E-state index contributed by atoms with van der Waals surface area (Å²) >= 11 is 0. The first-order valence-corrected chi connectivity index (χ1v) is 14.7. The van der Waals surface area contributed by atoms with Crippen molar-refractivity contribution in [2.24, 2.45) is 16.2 Å². The maximum absolute atomic E-state index is 9.20. The summed E-state index contributed by atoms with van der Waals surface area (Å²) < 4.78 is 0. The van der Waals surface area contributed by atoms with Crippen LogP contribution in [0.5, 0.6) is 0 Å². The van der Waals surface area contributed by atoms with Crippen molar-refractivity contribution in [1.82, 2.24) is 0 Å². The summed E-state index contributed by atoms with van der Waals surface area (Å²) in [5.41, 5.74) is 5.05. The molecule has 37 heavy (non-hydrogen) atoms. The third kappa shape index (κ3) is 9.72. The van der Waals surface area contributed by atoms with Crippen molar-refractivity contribution in [3.63, 3.8) is 0 Å². The van der Waals surface area contributed by atoms with Gasteiger partial charge in [0, 0.05) is 0 Å². The molecule has 0 aromatic heterocycles. The number of allylic oxidation sites excluding steroid dienone is 3. The lowest BCUT2D eigenvalue weighted by Gasteiger charge is -2.43. The SMILES string of the molecule is CC/C=C/CC(C)(C)CC(C)(C)c1cc(C(C)(C)CC(C)(C)C/C=C/CO)cc(C(C)(C)C(C)(C)C)c1. The molecule has 0 fully saturated rings. The van der Waals surface area contributed by atoms with E-state index in [1.807, 2.05) is 6.08 Å². The van der Waals surface area contributed by atoms with E-state index in [1.165, 1.54) is 16.7 Å². The van der Waals surface area contributed by atoms with Crippen LogP contribution < -0.4 is 0 Å². The van der Waals surface area contributed by atoms with Gasteiger partial charge in [-0.05, 0) is 81.3 Å². The minimum atomic E-state index is 0.0325. The van der Waals surface area contributed by atoms with Crippen LogP contribution in [0.3, 0.4) is 0 Å². The predicted octanol–water partition coefficient (Wildman–Crippen LogP) is 10.7. The average Bonchev–Trinajstić information content (AvgIpc) is 2.71. The van der Waals surface area contributed by atoms with E-state index < -0.39 is 0 Å². The molecule has 0 bridgehead atoms. The molecule has 0 aliphatic heterocycles. The number of rotatable bonds is 13. The van der Waals surface area contributed by atoms with Crippen molar-refractivity contribution in [2.75, 3.05) is 6.61 Å². The van der Waals surface area contributed by atoms with Gasteiger partial charge in [0.25, 0.3) is 0 Å². The third-order valence-corrected chi connectivity index (χ3v) is 8.95. The zero-order valence-electron chi connectivity index (χ0n) is 27.2. The van der Waals surface area contributed by atoms with Crippen molar-refractivity contribution in [3.05, 3.63) is 59.2 Å². The summed E-state index contributed by atoms with van der Waals surface area (Å²) in [5.74, 6) is 0. The van der Waals surface area contributed by atoms with E-state index in [1.54, 1.807) is 0 Å². The number of aliphatic hydroxyl groups excluding tert-OH is 1. The molecule has 1 heteroatoms. The minimum absolute atomic E-state index is 0.0325. The molecular formula is C36H62O. The Morgan fingerprint density at radius 3 is 1.30 bits per heavy atom. The second-order valence-corrected chi connectivity index (χ2v) is 16.1. The van der Waals surface area contributed by atoms with Crippen molar-refractivity contribution in [2.45, 2.75) is 145 Å². The monoisotopic (exact) mass is 510 g/mol. The Bertz CT molecular complexity index is 852. The summed E-state index contributed by atoms with van der Waals surface area (Å²) in [6.45, 7) is 33.6. The fraction of sp³-hybridized carbons (Fsp3) is 0.722. The molecule has 1 N–H and O–H groups in total. The summed E-state index contributed by atoms with van der Waals surface area (Å²) in [6.07, 6.45) is 14.1. The van der Waals surface area contributed by atoms with Crippen LogP contribution in [0.1, 0.15) is 146 Å². The zero-order valence-corrected chi connectivity index (χ0v) is 27.2. The van der Waals surface area contributed by atoms with E-state index in [0.717, 1.165) is 32.1 Å². The van der Waals surface area contributed by atoms with Gasteiger partial charge in [0.05, 0.1) is 6.61 Å². The van der Waals surface area contributed by atoms with Gasteiger partial charge in [-0.15, -0.1) is 0 Å². The predicted molar refractivity (Wildman–Crippen MR) is 167 cm³/mol. The molecule has 1 rings (SSSR count). The largest absolute Gasteiger partial charge is 0.392 e. The van der Waals surface area contributed by atoms with E-state index in [-0.39, 0.29) is 39.1 Å². The van der Waals surface area contributed by atoms with E-state index >= 15 is 0 Å². The topological polar surface area (TPSA) is 20.2 Å². The summed E-state index contributed by atoms with van der Waals surface area (Å²) in [5, 5.41) is 9.20. The molecule has 0 unspecified atom stereocenters. The van der Waals surface area contributed by atoms with Gasteiger partial charge < -0.3 is 5.11 Å². The molecule has 0 spiro atoms. The van der Waals surface area contributed by atoms with Crippen molar-refractivity contribution >= 4 is 0 Å². The van der Waals surface area contributed by atoms with Crippen LogP contribution in [-0.2, 0) is 16.2 Å². The van der Waals surface area contributed by atoms with Crippen LogP contribution in [0.4, 0.5) is 0 Å². The second-order valence-electron chi connectivity index (χ2n) is 16.1. The first-order chi connectivity index (χ1) is 16.6. The highest BCUT2D eigenvalue weighted by molar-refractivity contribution is 5.42. The van der Waals surface area contributed by atoms with Crippen molar-refractivity contribution in [1.29, 1.82) is 0 Å². The van der Waals surface area contributed by atoms with Crippen LogP contribution in [0.15, 0.2) is 42.5 Å². The Balaban J connectivity index is 3.63. The number of benzene rings is 1. The van der Waals surface area contributed by atoms with Gasteiger partial charge >= 0.3 is 0 Å². The summed E-state index contributed by atoms with van der Waals surface area (Å²) in [7, 11) is 0. The van der Waals surface area contributed by atoms with Gasteiger partial charge in [-0.1, -0.05) is 139 Å². The van der Waals surface area contributed by atoms with Crippen LogP contribution in [0.2, 0.25) is 0 Å². The molecule has 1 aromatic carbocycles. The van der Waals surface area contributed by atoms with Crippen molar-refractivity contribution < 1.29 is 5.11 Å². The highest BCUT2D eigenvalue weighted by Crippen LogP contribution is 2.47. The minimum Gasteiger partial charge on any atom is -0.392 e. The lowest BCUT2D eigenvalue weighted by molar-refractivity contribution is 0.222.